The fraction of sp³-hybridized carbons (Fsp3) is 0.250. The Kier molecular flexibility index (Phi) is 8.10. The lowest BCUT2D eigenvalue weighted by molar-refractivity contribution is -0.115. The van der Waals surface area contributed by atoms with Crippen molar-refractivity contribution >= 4 is 28.9 Å². The summed E-state index contributed by atoms with van der Waals surface area (Å²) in [4.78, 5) is 26.2. The zero-order chi connectivity index (χ0) is 22.9. The van der Waals surface area contributed by atoms with E-state index in [9.17, 15) is 9.59 Å². The summed E-state index contributed by atoms with van der Waals surface area (Å²) in [6.07, 6.45) is 0.199. The lowest BCUT2D eigenvalue weighted by atomic mass is 10.1. The van der Waals surface area contributed by atoms with E-state index in [0.717, 1.165) is 10.4 Å². The Morgan fingerprint density at radius 1 is 0.969 bits per heavy atom. The molecule has 3 rings (SSSR count). The third-order valence-corrected chi connectivity index (χ3v) is 5.42. The van der Waals surface area contributed by atoms with E-state index in [-0.39, 0.29) is 36.8 Å². The molecule has 3 aromatic rings. The van der Waals surface area contributed by atoms with Crippen LogP contribution in [-0.4, -0.2) is 39.3 Å². The lowest BCUT2D eigenvalue weighted by Crippen LogP contribution is -2.18. The Morgan fingerprint density at radius 3 is 2.34 bits per heavy atom. The van der Waals surface area contributed by atoms with Gasteiger partial charge in [0, 0.05) is 17.0 Å². The SMILES string of the molecule is COc1cc(NC(=O)Cc2cccs2)c(C(=O)OCCOc2ccc(C)cc2)cc1OC. The van der Waals surface area contributed by atoms with Gasteiger partial charge in [0.1, 0.15) is 19.0 Å². The first-order valence-electron chi connectivity index (χ1n) is 9.95. The second kappa shape index (κ2) is 11.2. The first-order valence-corrected chi connectivity index (χ1v) is 10.8. The number of esters is 1. The molecule has 0 atom stereocenters. The fourth-order valence-corrected chi connectivity index (χ4v) is 3.63. The van der Waals surface area contributed by atoms with Gasteiger partial charge in [-0.15, -0.1) is 11.3 Å². The van der Waals surface area contributed by atoms with E-state index < -0.39 is 5.97 Å². The zero-order valence-corrected chi connectivity index (χ0v) is 19.0. The van der Waals surface area contributed by atoms with Crippen molar-refractivity contribution in [2.24, 2.45) is 0 Å². The molecule has 0 saturated heterocycles. The summed E-state index contributed by atoms with van der Waals surface area (Å²) in [7, 11) is 2.95. The van der Waals surface area contributed by atoms with Crippen molar-refractivity contribution in [3.8, 4) is 17.2 Å². The summed E-state index contributed by atoms with van der Waals surface area (Å²) in [5, 5.41) is 4.68. The molecule has 0 spiro atoms. The van der Waals surface area contributed by atoms with Crippen molar-refractivity contribution in [3.63, 3.8) is 0 Å². The minimum atomic E-state index is -0.607. The van der Waals surface area contributed by atoms with Crippen LogP contribution in [0.2, 0.25) is 0 Å². The van der Waals surface area contributed by atoms with E-state index in [1.54, 1.807) is 6.07 Å². The van der Waals surface area contributed by atoms with Crippen LogP contribution in [0.5, 0.6) is 17.2 Å². The minimum absolute atomic E-state index is 0.0453. The Hall–Kier alpha value is -3.52. The molecule has 1 heterocycles. The molecule has 0 fully saturated rings. The third-order valence-electron chi connectivity index (χ3n) is 4.54. The molecule has 7 nitrogen and oxygen atoms in total. The number of anilines is 1. The molecule has 0 radical (unpaired) electrons. The summed E-state index contributed by atoms with van der Waals surface area (Å²) in [5.41, 5.74) is 1.58. The van der Waals surface area contributed by atoms with E-state index in [0.29, 0.717) is 17.2 Å². The number of amides is 1. The Bertz CT molecular complexity index is 1050. The van der Waals surface area contributed by atoms with E-state index in [1.165, 1.54) is 31.6 Å². The van der Waals surface area contributed by atoms with Crippen molar-refractivity contribution in [1.82, 2.24) is 0 Å². The predicted molar refractivity (Wildman–Crippen MR) is 123 cm³/mol. The summed E-state index contributed by atoms with van der Waals surface area (Å²) in [6, 6.07) is 14.4. The highest BCUT2D eigenvalue weighted by atomic mass is 32.1. The average Bonchev–Trinajstić information content (AvgIpc) is 3.30. The summed E-state index contributed by atoms with van der Waals surface area (Å²) in [6.45, 7) is 2.23. The zero-order valence-electron chi connectivity index (χ0n) is 18.2. The molecule has 0 unspecified atom stereocenters. The molecule has 0 bridgehead atoms. The molecule has 0 saturated carbocycles. The maximum atomic E-state index is 12.8. The molecule has 1 amide bonds. The van der Waals surface area contributed by atoms with Crippen molar-refractivity contribution in [3.05, 3.63) is 69.9 Å². The average molecular weight is 456 g/mol. The number of nitrogens with one attached hydrogen (secondary N) is 1. The molecule has 1 N–H and O–H groups in total. The van der Waals surface area contributed by atoms with Crippen LogP contribution in [0.3, 0.4) is 0 Å². The van der Waals surface area contributed by atoms with Gasteiger partial charge in [-0.2, -0.15) is 0 Å². The monoisotopic (exact) mass is 455 g/mol. The summed E-state index contributed by atoms with van der Waals surface area (Å²) >= 11 is 1.49. The molecular formula is C24H25NO6S. The standard InChI is InChI=1S/C24H25NO6S/c1-16-6-8-17(9-7-16)30-10-11-31-24(27)19-14-21(28-2)22(29-3)15-20(19)25-23(26)13-18-5-4-12-32-18/h4-9,12,14-15H,10-11,13H2,1-3H3,(H,25,26). The normalized spacial score (nSPS) is 10.3. The number of carbonyl (C=O) groups is 2. The van der Waals surface area contributed by atoms with Gasteiger partial charge in [-0.3, -0.25) is 4.79 Å². The third kappa shape index (κ3) is 6.24. The molecule has 0 aliphatic rings. The van der Waals surface area contributed by atoms with E-state index in [1.807, 2.05) is 48.7 Å². The van der Waals surface area contributed by atoms with Gasteiger partial charge in [0.15, 0.2) is 11.5 Å². The number of hydrogen-bond acceptors (Lipinski definition) is 7. The lowest BCUT2D eigenvalue weighted by Gasteiger charge is -2.15. The Balaban J connectivity index is 1.68. The van der Waals surface area contributed by atoms with Gasteiger partial charge in [-0.05, 0) is 30.5 Å². The topological polar surface area (TPSA) is 83.1 Å². The van der Waals surface area contributed by atoms with Crippen molar-refractivity contribution < 1.29 is 28.5 Å². The van der Waals surface area contributed by atoms with Crippen LogP contribution in [0.15, 0.2) is 53.9 Å². The molecule has 8 heteroatoms. The van der Waals surface area contributed by atoms with Crippen LogP contribution in [0.4, 0.5) is 5.69 Å². The highest BCUT2D eigenvalue weighted by Crippen LogP contribution is 2.34. The number of carbonyl (C=O) groups excluding carboxylic acids is 2. The highest BCUT2D eigenvalue weighted by Gasteiger charge is 2.20. The molecule has 2 aromatic carbocycles. The molecule has 0 aliphatic carbocycles. The molecule has 1 aromatic heterocycles. The number of aryl methyl sites for hydroxylation is 1. The van der Waals surface area contributed by atoms with Gasteiger partial charge in [0.25, 0.3) is 0 Å². The van der Waals surface area contributed by atoms with Crippen LogP contribution in [0.25, 0.3) is 0 Å². The second-order valence-electron chi connectivity index (χ2n) is 6.85. The maximum absolute atomic E-state index is 12.8. The van der Waals surface area contributed by atoms with Crippen LogP contribution in [0, 0.1) is 6.92 Å². The summed E-state index contributed by atoms with van der Waals surface area (Å²) in [5.74, 6) is 0.574. The smallest absolute Gasteiger partial charge is 0.340 e. The van der Waals surface area contributed by atoms with Crippen molar-refractivity contribution in [2.75, 3.05) is 32.8 Å². The van der Waals surface area contributed by atoms with Crippen LogP contribution in [-0.2, 0) is 16.0 Å². The van der Waals surface area contributed by atoms with E-state index >= 15 is 0 Å². The van der Waals surface area contributed by atoms with E-state index in [2.05, 4.69) is 5.32 Å². The van der Waals surface area contributed by atoms with Crippen LogP contribution < -0.4 is 19.5 Å². The highest BCUT2D eigenvalue weighted by molar-refractivity contribution is 7.10. The maximum Gasteiger partial charge on any atom is 0.340 e. The number of hydrogen-bond donors (Lipinski definition) is 1. The van der Waals surface area contributed by atoms with Crippen molar-refractivity contribution in [2.45, 2.75) is 13.3 Å². The number of rotatable bonds is 10. The quantitative estimate of drug-likeness (QED) is 0.358. The number of thiophene rings is 1. The molecule has 168 valence electrons. The van der Waals surface area contributed by atoms with Gasteiger partial charge in [0.05, 0.1) is 31.9 Å². The van der Waals surface area contributed by atoms with Gasteiger partial charge in [-0.25, -0.2) is 4.79 Å². The van der Waals surface area contributed by atoms with Crippen LogP contribution in [0.1, 0.15) is 20.8 Å². The number of ether oxygens (including phenoxy) is 4. The Morgan fingerprint density at radius 2 is 1.69 bits per heavy atom. The molecule has 32 heavy (non-hydrogen) atoms. The number of benzene rings is 2. The summed E-state index contributed by atoms with van der Waals surface area (Å²) < 4.78 is 21.6. The Labute approximate surface area is 190 Å². The molecular weight excluding hydrogens is 430 g/mol. The van der Waals surface area contributed by atoms with Gasteiger partial charge in [-0.1, -0.05) is 23.8 Å². The predicted octanol–water partition coefficient (Wildman–Crippen LogP) is 4.49. The van der Waals surface area contributed by atoms with Gasteiger partial charge in [0.2, 0.25) is 5.91 Å². The first-order chi connectivity index (χ1) is 15.5. The van der Waals surface area contributed by atoms with Crippen LogP contribution >= 0.6 is 11.3 Å². The minimum Gasteiger partial charge on any atom is -0.493 e. The second-order valence-corrected chi connectivity index (χ2v) is 7.89. The van der Waals surface area contributed by atoms with Crippen molar-refractivity contribution in [1.29, 1.82) is 0 Å². The molecule has 0 aliphatic heterocycles. The fourth-order valence-electron chi connectivity index (χ4n) is 2.92. The van der Waals surface area contributed by atoms with Gasteiger partial charge < -0.3 is 24.3 Å². The largest absolute Gasteiger partial charge is 0.493 e. The van der Waals surface area contributed by atoms with E-state index in [4.69, 9.17) is 18.9 Å². The first kappa shape index (κ1) is 23.1. The van der Waals surface area contributed by atoms with Gasteiger partial charge >= 0.3 is 5.97 Å². The number of methoxy groups -OCH3 is 2.